The SMILES string of the molecule is Cc1noc2nc(C3CC3)cc(C(=O)NC(c3ccccc3)c3ccccc3)c12. The highest BCUT2D eigenvalue weighted by molar-refractivity contribution is 6.06. The van der Waals surface area contributed by atoms with Crippen LogP contribution in [0.2, 0.25) is 0 Å². The Morgan fingerprint density at radius 3 is 2.24 bits per heavy atom. The van der Waals surface area contributed by atoms with Gasteiger partial charge >= 0.3 is 0 Å². The van der Waals surface area contributed by atoms with E-state index in [0.29, 0.717) is 28.3 Å². The third-order valence-electron chi connectivity index (χ3n) is 5.42. The fraction of sp³-hybridized carbons (Fsp3) is 0.208. The normalized spacial score (nSPS) is 13.7. The van der Waals surface area contributed by atoms with Crippen molar-refractivity contribution in [2.75, 3.05) is 0 Å². The third kappa shape index (κ3) is 3.40. The second-order valence-corrected chi connectivity index (χ2v) is 7.54. The van der Waals surface area contributed by atoms with Gasteiger partial charge in [0.15, 0.2) is 0 Å². The van der Waals surface area contributed by atoms with E-state index in [1.54, 1.807) is 0 Å². The second kappa shape index (κ2) is 7.17. The molecule has 2 heterocycles. The lowest BCUT2D eigenvalue weighted by atomic mass is 9.98. The minimum atomic E-state index is -0.252. The zero-order valence-corrected chi connectivity index (χ0v) is 16.1. The first-order valence-corrected chi connectivity index (χ1v) is 9.88. The number of nitrogens with zero attached hydrogens (tertiary/aromatic N) is 2. The van der Waals surface area contributed by atoms with Crippen molar-refractivity contribution >= 4 is 17.0 Å². The van der Waals surface area contributed by atoms with Gasteiger partial charge in [-0.2, -0.15) is 0 Å². The number of hydrogen-bond donors (Lipinski definition) is 1. The van der Waals surface area contributed by atoms with E-state index in [0.717, 1.165) is 29.7 Å². The molecule has 5 heteroatoms. The summed E-state index contributed by atoms with van der Waals surface area (Å²) in [5, 5.41) is 7.95. The second-order valence-electron chi connectivity index (χ2n) is 7.54. The van der Waals surface area contributed by atoms with Crippen LogP contribution < -0.4 is 5.32 Å². The lowest BCUT2D eigenvalue weighted by Gasteiger charge is -2.20. The van der Waals surface area contributed by atoms with E-state index in [4.69, 9.17) is 4.52 Å². The molecule has 0 aliphatic heterocycles. The van der Waals surface area contributed by atoms with Gasteiger partial charge in [0.2, 0.25) is 0 Å². The summed E-state index contributed by atoms with van der Waals surface area (Å²) in [5.41, 5.74) is 4.66. The average Bonchev–Trinajstić information content (AvgIpc) is 3.56. The van der Waals surface area contributed by atoms with Crippen LogP contribution in [0.5, 0.6) is 0 Å². The van der Waals surface area contributed by atoms with E-state index in [1.807, 2.05) is 73.7 Å². The minimum absolute atomic E-state index is 0.150. The van der Waals surface area contributed by atoms with Crippen molar-refractivity contribution in [2.24, 2.45) is 0 Å². The number of hydrogen-bond acceptors (Lipinski definition) is 4. The molecule has 1 saturated carbocycles. The van der Waals surface area contributed by atoms with Gasteiger partial charge in [-0.25, -0.2) is 4.98 Å². The zero-order valence-electron chi connectivity index (χ0n) is 16.1. The Morgan fingerprint density at radius 2 is 1.66 bits per heavy atom. The van der Waals surface area contributed by atoms with E-state index in [2.05, 4.69) is 15.5 Å². The number of fused-ring (bicyclic) bond motifs is 1. The Kier molecular flexibility index (Phi) is 4.35. The summed E-state index contributed by atoms with van der Waals surface area (Å²) >= 11 is 0. The van der Waals surface area contributed by atoms with Crippen LogP contribution in [-0.2, 0) is 0 Å². The van der Waals surface area contributed by atoms with Crippen molar-refractivity contribution in [3.63, 3.8) is 0 Å². The van der Waals surface area contributed by atoms with Crippen molar-refractivity contribution in [3.8, 4) is 0 Å². The number of aromatic nitrogens is 2. The summed E-state index contributed by atoms with van der Waals surface area (Å²) in [6.07, 6.45) is 2.20. The van der Waals surface area contributed by atoms with Crippen LogP contribution in [0.1, 0.15) is 57.7 Å². The molecule has 1 aliphatic carbocycles. The summed E-state index contributed by atoms with van der Waals surface area (Å²) in [5.74, 6) is 0.263. The molecule has 1 aliphatic rings. The maximum Gasteiger partial charge on any atom is 0.259 e. The highest BCUT2D eigenvalue weighted by Gasteiger charge is 2.29. The first-order valence-electron chi connectivity index (χ1n) is 9.88. The van der Waals surface area contributed by atoms with Gasteiger partial charge in [0.05, 0.1) is 22.7 Å². The van der Waals surface area contributed by atoms with Crippen LogP contribution in [0.15, 0.2) is 71.3 Å². The van der Waals surface area contributed by atoms with Gasteiger partial charge in [-0.1, -0.05) is 65.8 Å². The predicted octanol–water partition coefficient (Wildman–Crippen LogP) is 4.93. The van der Waals surface area contributed by atoms with Gasteiger partial charge in [-0.3, -0.25) is 4.79 Å². The quantitative estimate of drug-likeness (QED) is 0.531. The summed E-state index contributed by atoms with van der Waals surface area (Å²) in [6, 6.07) is 21.7. The van der Waals surface area contributed by atoms with Crippen LogP contribution in [0.3, 0.4) is 0 Å². The molecule has 5 rings (SSSR count). The number of rotatable bonds is 5. The van der Waals surface area contributed by atoms with Gasteiger partial charge in [-0.05, 0) is 37.0 Å². The Balaban J connectivity index is 1.56. The van der Waals surface area contributed by atoms with Gasteiger partial charge in [0.25, 0.3) is 11.6 Å². The molecular weight excluding hydrogens is 362 g/mol. The molecule has 0 unspecified atom stereocenters. The maximum atomic E-state index is 13.5. The van der Waals surface area contributed by atoms with Crippen LogP contribution in [-0.4, -0.2) is 16.0 Å². The number of pyridine rings is 1. The fourth-order valence-corrected chi connectivity index (χ4v) is 3.74. The standard InChI is InChI=1S/C24H21N3O2/c1-15-21-19(14-20(16-12-13-16)25-24(21)29-27-15)23(28)26-22(17-8-4-2-5-9-17)18-10-6-3-7-11-18/h2-11,14,16,22H,12-13H2,1H3,(H,26,28). The Hall–Kier alpha value is -3.47. The lowest BCUT2D eigenvalue weighted by Crippen LogP contribution is -2.29. The van der Waals surface area contributed by atoms with E-state index in [-0.39, 0.29) is 11.9 Å². The number of nitrogens with one attached hydrogen (secondary N) is 1. The van der Waals surface area contributed by atoms with Crippen molar-refractivity contribution < 1.29 is 9.32 Å². The van der Waals surface area contributed by atoms with Crippen LogP contribution in [0.25, 0.3) is 11.1 Å². The van der Waals surface area contributed by atoms with Gasteiger partial charge in [0, 0.05) is 11.6 Å². The first-order chi connectivity index (χ1) is 14.2. The molecular formula is C24H21N3O2. The number of aryl methyl sites for hydroxylation is 1. The molecule has 2 aromatic carbocycles. The highest BCUT2D eigenvalue weighted by atomic mass is 16.5. The van der Waals surface area contributed by atoms with E-state index >= 15 is 0 Å². The van der Waals surface area contributed by atoms with Crippen molar-refractivity contribution in [1.29, 1.82) is 0 Å². The molecule has 144 valence electrons. The third-order valence-corrected chi connectivity index (χ3v) is 5.42. The average molecular weight is 383 g/mol. The number of amides is 1. The fourth-order valence-electron chi connectivity index (χ4n) is 3.74. The Bertz CT molecular complexity index is 1130. The molecule has 1 amide bonds. The van der Waals surface area contributed by atoms with Crippen molar-refractivity contribution in [1.82, 2.24) is 15.5 Å². The predicted molar refractivity (Wildman–Crippen MR) is 111 cm³/mol. The summed E-state index contributed by atoms with van der Waals surface area (Å²) < 4.78 is 5.39. The molecule has 1 N–H and O–H groups in total. The molecule has 5 nitrogen and oxygen atoms in total. The molecule has 29 heavy (non-hydrogen) atoms. The van der Waals surface area contributed by atoms with E-state index < -0.39 is 0 Å². The Morgan fingerprint density at radius 1 is 1.03 bits per heavy atom. The smallest absolute Gasteiger partial charge is 0.259 e. The zero-order chi connectivity index (χ0) is 19.8. The molecule has 0 radical (unpaired) electrons. The molecule has 0 spiro atoms. The van der Waals surface area contributed by atoms with Crippen molar-refractivity contribution in [2.45, 2.75) is 31.7 Å². The van der Waals surface area contributed by atoms with Crippen LogP contribution in [0, 0.1) is 6.92 Å². The molecule has 0 bridgehead atoms. The van der Waals surface area contributed by atoms with E-state index in [1.165, 1.54) is 0 Å². The summed E-state index contributed by atoms with van der Waals surface area (Å²) in [7, 11) is 0. The van der Waals surface area contributed by atoms with Gasteiger partial charge < -0.3 is 9.84 Å². The number of benzene rings is 2. The van der Waals surface area contributed by atoms with Crippen LogP contribution >= 0.6 is 0 Å². The first kappa shape index (κ1) is 17.6. The maximum absolute atomic E-state index is 13.5. The molecule has 4 aromatic rings. The van der Waals surface area contributed by atoms with Gasteiger partial charge in [-0.15, -0.1) is 0 Å². The topological polar surface area (TPSA) is 68.0 Å². The molecule has 0 atom stereocenters. The van der Waals surface area contributed by atoms with Gasteiger partial charge in [0.1, 0.15) is 0 Å². The number of carbonyl (C=O) groups excluding carboxylic acids is 1. The number of carbonyl (C=O) groups is 1. The highest BCUT2D eigenvalue weighted by Crippen LogP contribution is 2.40. The minimum Gasteiger partial charge on any atom is -0.341 e. The molecule has 2 aromatic heterocycles. The Labute approximate surface area is 168 Å². The van der Waals surface area contributed by atoms with Crippen molar-refractivity contribution in [3.05, 3.63) is 94.8 Å². The summed E-state index contributed by atoms with van der Waals surface area (Å²) in [4.78, 5) is 18.0. The molecule has 1 fully saturated rings. The van der Waals surface area contributed by atoms with E-state index in [9.17, 15) is 4.79 Å². The summed E-state index contributed by atoms with van der Waals surface area (Å²) in [6.45, 7) is 1.84. The largest absolute Gasteiger partial charge is 0.341 e. The molecule has 0 saturated heterocycles. The monoisotopic (exact) mass is 383 g/mol. The lowest BCUT2D eigenvalue weighted by molar-refractivity contribution is 0.0944. The van der Waals surface area contributed by atoms with Crippen LogP contribution in [0.4, 0.5) is 0 Å².